The fourth-order valence-electron chi connectivity index (χ4n) is 1.26. The van der Waals surface area contributed by atoms with Crippen molar-refractivity contribution in [1.82, 2.24) is 5.32 Å². The van der Waals surface area contributed by atoms with Crippen LogP contribution in [0, 0.1) is 11.8 Å². The van der Waals surface area contributed by atoms with Crippen LogP contribution in [-0.4, -0.2) is 23.5 Å². The smallest absolute Gasteiger partial charge is 0.230 e. The van der Waals surface area contributed by atoms with Crippen molar-refractivity contribution in [2.45, 2.75) is 40.0 Å². The molecule has 0 fully saturated rings. The van der Waals surface area contributed by atoms with Gasteiger partial charge in [0.2, 0.25) is 5.91 Å². The molecule has 0 radical (unpaired) electrons. The molecule has 5 nitrogen and oxygen atoms in total. The summed E-state index contributed by atoms with van der Waals surface area (Å²) in [5.41, 5.74) is 5.33. The van der Waals surface area contributed by atoms with E-state index in [2.05, 4.69) is 24.3 Å². The Bertz CT molecular complexity index is 239. The molecule has 0 rings (SSSR count). The Morgan fingerprint density at radius 2 is 2.00 bits per heavy atom. The molecule has 1 amide bonds. The van der Waals surface area contributed by atoms with Crippen LogP contribution in [-0.2, 0) is 4.79 Å². The van der Waals surface area contributed by atoms with Crippen molar-refractivity contribution in [3.05, 3.63) is 0 Å². The molecule has 16 heavy (non-hydrogen) atoms. The summed E-state index contributed by atoms with van der Waals surface area (Å²) >= 11 is 0. The molecule has 0 aliphatic carbocycles. The van der Waals surface area contributed by atoms with Crippen LogP contribution in [0.25, 0.3) is 0 Å². The number of amidine groups is 1. The zero-order chi connectivity index (χ0) is 12.6. The van der Waals surface area contributed by atoms with E-state index in [0.29, 0.717) is 12.5 Å². The molecule has 0 aromatic rings. The Kier molecular flexibility index (Phi) is 7.33. The van der Waals surface area contributed by atoms with Gasteiger partial charge in [0.15, 0.2) is 5.84 Å². The maximum atomic E-state index is 11.5. The number of hydrogen-bond acceptors (Lipinski definition) is 3. The van der Waals surface area contributed by atoms with Crippen molar-refractivity contribution >= 4 is 11.7 Å². The molecular weight excluding hydrogens is 206 g/mol. The third-order valence-electron chi connectivity index (χ3n) is 2.46. The summed E-state index contributed by atoms with van der Waals surface area (Å²) in [6, 6.07) is 0. The second-order valence-electron chi connectivity index (χ2n) is 4.43. The number of rotatable bonds is 7. The molecule has 0 heterocycles. The minimum Gasteiger partial charge on any atom is -0.409 e. The monoisotopic (exact) mass is 229 g/mol. The highest BCUT2D eigenvalue weighted by molar-refractivity contribution is 6.01. The molecule has 0 aromatic carbocycles. The van der Waals surface area contributed by atoms with E-state index in [9.17, 15) is 4.79 Å². The highest BCUT2D eigenvalue weighted by atomic mass is 16.4. The van der Waals surface area contributed by atoms with Crippen LogP contribution in [0.4, 0.5) is 0 Å². The number of nitrogens with zero attached hydrogens (tertiary/aromatic N) is 1. The fraction of sp³-hybridized carbons (Fsp3) is 0.818. The van der Waals surface area contributed by atoms with Crippen molar-refractivity contribution in [2.24, 2.45) is 22.7 Å². The topological polar surface area (TPSA) is 87.7 Å². The van der Waals surface area contributed by atoms with Crippen molar-refractivity contribution in [3.63, 3.8) is 0 Å². The van der Waals surface area contributed by atoms with Crippen LogP contribution in [0.3, 0.4) is 0 Å². The van der Waals surface area contributed by atoms with Gasteiger partial charge in [0.1, 0.15) is 0 Å². The lowest BCUT2D eigenvalue weighted by atomic mass is 10.1. The first-order chi connectivity index (χ1) is 7.49. The average Bonchev–Trinajstić information content (AvgIpc) is 2.25. The Morgan fingerprint density at radius 3 is 2.50 bits per heavy atom. The van der Waals surface area contributed by atoms with Crippen LogP contribution in [0.5, 0.6) is 0 Å². The van der Waals surface area contributed by atoms with E-state index in [1.165, 1.54) is 6.42 Å². The molecule has 4 N–H and O–H groups in total. The molecule has 5 heteroatoms. The van der Waals surface area contributed by atoms with Crippen LogP contribution in [0.1, 0.15) is 40.0 Å². The van der Waals surface area contributed by atoms with Gasteiger partial charge in [-0.1, -0.05) is 31.8 Å². The van der Waals surface area contributed by atoms with E-state index < -0.39 is 5.92 Å². The van der Waals surface area contributed by atoms with Crippen LogP contribution in [0.2, 0.25) is 0 Å². The molecule has 0 aromatic heterocycles. The van der Waals surface area contributed by atoms with Crippen molar-refractivity contribution in [3.8, 4) is 0 Å². The molecule has 0 bridgehead atoms. The Morgan fingerprint density at radius 1 is 1.38 bits per heavy atom. The quantitative estimate of drug-likeness (QED) is 0.202. The second-order valence-corrected chi connectivity index (χ2v) is 4.43. The van der Waals surface area contributed by atoms with Gasteiger partial charge in [-0.3, -0.25) is 4.79 Å². The lowest BCUT2D eigenvalue weighted by molar-refractivity contribution is -0.122. The minimum atomic E-state index is -0.574. The molecule has 0 saturated heterocycles. The average molecular weight is 229 g/mol. The molecule has 0 aliphatic heterocycles. The lowest BCUT2D eigenvalue weighted by Crippen LogP contribution is -2.37. The first-order valence-electron chi connectivity index (χ1n) is 5.74. The van der Waals surface area contributed by atoms with Crippen molar-refractivity contribution in [1.29, 1.82) is 0 Å². The van der Waals surface area contributed by atoms with E-state index in [1.807, 2.05) is 0 Å². The lowest BCUT2D eigenvalue weighted by Gasteiger charge is -2.10. The molecule has 1 atom stereocenters. The van der Waals surface area contributed by atoms with E-state index in [0.717, 1.165) is 12.8 Å². The predicted octanol–water partition coefficient (Wildman–Crippen LogP) is 1.31. The van der Waals surface area contributed by atoms with Gasteiger partial charge < -0.3 is 16.3 Å². The van der Waals surface area contributed by atoms with Gasteiger partial charge in [0, 0.05) is 6.54 Å². The number of nitrogens with two attached hydrogens (primary N) is 1. The first kappa shape index (κ1) is 14.7. The number of carbonyl (C=O) groups is 1. The number of unbranched alkanes of at least 4 members (excludes halogenated alkanes) is 1. The third kappa shape index (κ3) is 6.27. The van der Waals surface area contributed by atoms with Gasteiger partial charge in [-0.05, 0) is 19.3 Å². The highest BCUT2D eigenvalue weighted by Gasteiger charge is 2.16. The largest absolute Gasteiger partial charge is 0.409 e. The molecule has 1 unspecified atom stereocenters. The summed E-state index contributed by atoms with van der Waals surface area (Å²) in [4.78, 5) is 11.5. The summed E-state index contributed by atoms with van der Waals surface area (Å²) in [7, 11) is 0. The molecule has 0 aliphatic rings. The van der Waals surface area contributed by atoms with E-state index in [1.54, 1.807) is 6.92 Å². The zero-order valence-corrected chi connectivity index (χ0v) is 10.4. The Hall–Kier alpha value is -1.26. The summed E-state index contributed by atoms with van der Waals surface area (Å²) in [5, 5.41) is 14.0. The third-order valence-corrected chi connectivity index (χ3v) is 2.46. The van der Waals surface area contributed by atoms with Crippen LogP contribution < -0.4 is 11.1 Å². The van der Waals surface area contributed by atoms with E-state index >= 15 is 0 Å². The first-order valence-corrected chi connectivity index (χ1v) is 5.74. The van der Waals surface area contributed by atoms with Gasteiger partial charge >= 0.3 is 0 Å². The maximum Gasteiger partial charge on any atom is 0.230 e. The molecule has 94 valence electrons. The molecular formula is C11H23N3O2. The van der Waals surface area contributed by atoms with Crippen molar-refractivity contribution in [2.75, 3.05) is 6.54 Å². The Balaban J connectivity index is 3.66. The van der Waals surface area contributed by atoms with Crippen LogP contribution >= 0.6 is 0 Å². The summed E-state index contributed by atoms with van der Waals surface area (Å²) < 4.78 is 0. The fourth-order valence-corrected chi connectivity index (χ4v) is 1.26. The van der Waals surface area contributed by atoms with E-state index in [-0.39, 0.29) is 11.7 Å². The van der Waals surface area contributed by atoms with Crippen LogP contribution in [0.15, 0.2) is 5.16 Å². The standard InChI is InChI=1S/C11H23N3O2/c1-8(2)6-4-5-7-13-11(15)9(3)10(12)14-16/h8-9,16H,4-7H2,1-3H3,(H2,12,14)(H,13,15). The summed E-state index contributed by atoms with van der Waals surface area (Å²) in [6.45, 7) is 6.62. The number of carbonyl (C=O) groups excluding carboxylic acids is 1. The van der Waals surface area contributed by atoms with Gasteiger partial charge in [-0.25, -0.2) is 0 Å². The predicted molar refractivity (Wildman–Crippen MR) is 64.3 cm³/mol. The zero-order valence-electron chi connectivity index (χ0n) is 10.4. The van der Waals surface area contributed by atoms with Gasteiger partial charge in [-0.2, -0.15) is 0 Å². The SMILES string of the molecule is CC(C)CCCCNC(=O)C(C)C(N)=NO. The summed E-state index contributed by atoms with van der Waals surface area (Å²) in [6.07, 6.45) is 3.24. The Labute approximate surface area is 97.1 Å². The second kappa shape index (κ2) is 7.96. The molecule has 0 spiro atoms. The van der Waals surface area contributed by atoms with Gasteiger partial charge in [0.25, 0.3) is 0 Å². The van der Waals surface area contributed by atoms with Crippen molar-refractivity contribution < 1.29 is 10.0 Å². The minimum absolute atomic E-state index is 0.0559. The normalized spacial score (nSPS) is 13.9. The van der Waals surface area contributed by atoms with Gasteiger partial charge in [-0.15, -0.1) is 0 Å². The maximum absolute atomic E-state index is 11.5. The number of hydrogen-bond donors (Lipinski definition) is 3. The summed E-state index contributed by atoms with van der Waals surface area (Å²) in [5.74, 6) is -0.124. The number of nitrogens with one attached hydrogen (secondary N) is 1. The number of oxime groups is 1. The molecule has 0 saturated carbocycles. The van der Waals surface area contributed by atoms with Gasteiger partial charge in [0.05, 0.1) is 5.92 Å². The van der Waals surface area contributed by atoms with E-state index in [4.69, 9.17) is 10.9 Å². The highest BCUT2D eigenvalue weighted by Crippen LogP contribution is 2.05. The number of amides is 1.